The Hall–Kier alpha value is -0.140. The van der Waals surface area contributed by atoms with Crippen LogP contribution in [0.15, 0.2) is 0 Å². The first-order chi connectivity index (χ1) is 6.19. The van der Waals surface area contributed by atoms with Crippen molar-refractivity contribution in [1.29, 1.82) is 0 Å². The highest BCUT2D eigenvalue weighted by atomic mass is 79.9. The molecule has 0 aliphatic heterocycles. The quantitative estimate of drug-likeness (QED) is 0.689. The number of hydrogen-bond acceptors (Lipinski definition) is 3. The third kappa shape index (κ3) is 5.56. The molecule has 0 heterocycles. The zero-order chi connectivity index (χ0) is 11.4. The number of rotatable bonds is 5. The number of amides is 1. The van der Waals surface area contributed by atoms with Gasteiger partial charge in [-0.3, -0.25) is 4.79 Å². The maximum absolute atomic E-state index is 11.3. The topological polar surface area (TPSA) is 75.3 Å². The van der Waals surface area contributed by atoms with Crippen molar-refractivity contribution in [1.82, 2.24) is 10.0 Å². The SMILES string of the molecule is CNS(=O)(=O)CCNC(=O)C(C)(C)Br. The van der Waals surface area contributed by atoms with Gasteiger partial charge in [-0.2, -0.15) is 0 Å². The van der Waals surface area contributed by atoms with Gasteiger partial charge in [0.25, 0.3) is 0 Å². The summed E-state index contributed by atoms with van der Waals surface area (Å²) in [5.41, 5.74) is 0. The second-order valence-corrected chi connectivity index (χ2v) is 7.28. The number of carbonyl (C=O) groups is 1. The standard InChI is InChI=1S/C7H15BrN2O3S/c1-7(2,8)6(11)10-4-5-14(12,13)9-3/h9H,4-5H2,1-3H3,(H,10,11). The normalized spacial score (nSPS) is 12.6. The van der Waals surface area contributed by atoms with Crippen molar-refractivity contribution in [2.45, 2.75) is 18.2 Å². The van der Waals surface area contributed by atoms with E-state index in [-0.39, 0.29) is 18.2 Å². The Morgan fingerprint density at radius 3 is 2.29 bits per heavy atom. The second-order valence-electron chi connectivity index (χ2n) is 3.25. The van der Waals surface area contributed by atoms with E-state index >= 15 is 0 Å². The van der Waals surface area contributed by atoms with Crippen molar-refractivity contribution in [2.75, 3.05) is 19.3 Å². The smallest absolute Gasteiger partial charge is 0.236 e. The number of alkyl halides is 1. The molecule has 2 N–H and O–H groups in total. The predicted molar refractivity (Wildman–Crippen MR) is 58.9 cm³/mol. The van der Waals surface area contributed by atoms with E-state index < -0.39 is 14.3 Å². The van der Waals surface area contributed by atoms with Gasteiger partial charge >= 0.3 is 0 Å². The molecule has 0 atom stereocenters. The molecule has 0 saturated carbocycles. The minimum atomic E-state index is -3.24. The van der Waals surface area contributed by atoms with Gasteiger partial charge in [0, 0.05) is 6.54 Å². The van der Waals surface area contributed by atoms with Crippen LogP contribution in [0.5, 0.6) is 0 Å². The van der Waals surface area contributed by atoms with Gasteiger partial charge in [-0.1, -0.05) is 15.9 Å². The van der Waals surface area contributed by atoms with Gasteiger partial charge in [0.05, 0.1) is 10.1 Å². The lowest BCUT2D eigenvalue weighted by Crippen LogP contribution is -2.40. The van der Waals surface area contributed by atoms with Gasteiger partial charge in [0.1, 0.15) is 0 Å². The zero-order valence-corrected chi connectivity index (χ0v) is 10.8. The Balaban J connectivity index is 3.94. The minimum Gasteiger partial charge on any atom is -0.354 e. The second kappa shape index (κ2) is 5.09. The first kappa shape index (κ1) is 13.9. The van der Waals surface area contributed by atoms with Crippen LogP contribution in [-0.4, -0.2) is 38.0 Å². The van der Waals surface area contributed by atoms with Gasteiger partial charge < -0.3 is 5.32 Å². The summed E-state index contributed by atoms with van der Waals surface area (Å²) in [6.45, 7) is 3.49. The Morgan fingerprint density at radius 2 is 1.93 bits per heavy atom. The minimum absolute atomic E-state index is 0.108. The largest absolute Gasteiger partial charge is 0.354 e. The zero-order valence-electron chi connectivity index (χ0n) is 8.43. The van der Waals surface area contributed by atoms with Crippen LogP contribution in [0.1, 0.15) is 13.8 Å². The maximum Gasteiger partial charge on any atom is 0.236 e. The van der Waals surface area contributed by atoms with E-state index in [0.29, 0.717) is 0 Å². The predicted octanol–water partition coefficient (Wildman–Crippen LogP) is -0.175. The lowest BCUT2D eigenvalue weighted by molar-refractivity contribution is -0.122. The molecular weight excluding hydrogens is 272 g/mol. The van der Waals surface area contributed by atoms with E-state index in [1.54, 1.807) is 13.8 Å². The maximum atomic E-state index is 11.3. The van der Waals surface area contributed by atoms with Crippen LogP contribution >= 0.6 is 15.9 Å². The molecule has 0 aromatic rings. The lowest BCUT2D eigenvalue weighted by Gasteiger charge is -2.15. The Labute approximate surface area is 92.8 Å². The molecule has 0 aromatic heterocycles. The Morgan fingerprint density at radius 1 is 1.43 bits per heavy atom. The van der Waals surface area contributed by atoms with E-state index in [1.807, 2.05) is 0 Å². The molecule has 0 unspecified atom stereocenters. The number of halogens is 1. The van der Waals surface area contributed by atoms with Crippen molar-refractivity contribution < 1.29 is 13.2 Å². The molecule has 5 nitrogen and oxygen atoms in total. The van der Waals surface area contributed by atoms with Crippen molar-refractivity contribution in [3.63, 3.8) is 0 Å². The highest BCUT2D eigenvalue weighted by molar-refractivity contribution is 9.10. The molecule has 1 amide bonds. The average Bonchev–Trinajstić information content (AvgIpc) is 2.02. The fourth-order valence-corrected chi connectivity index (χ4v) is 1.33. The van der Waals surface area contributed by atoms with Crippen LogP contribution < -0.4 is 10.0 Å². The molecule has 14 heavy (non-hydrogen) atoms. The van der Waals surface area contributed by atoms with Gasteiger partial charge in [-0.05, 0) is 20.9 Å². The molecule has 0 spiro atoms. The summed E-state index contributed by atoms with van der Waals surface area (Å²) >= 11 is 3.16. The number of nitrogens with one attached hydrogen (secondary N) is 2. The van der Waals surface area contributed by atoms with Crippen LogP contribution in [-0.2, 0) is 14.8 Å². The van der Waals surface area contributed by atoms with E-state index in [9.17, 15) is 13.2 Å². The summed E-state index contributed by atoms with van der Waals surface area (Å²) in [5, 5.41) is 2.51. The molecule has 0 radical (unpaired) electrons. The summed E-state index contributed by atoms with van der Waals surface area (Å²) in [6.07, 6.45) is 0. The lowest BCUT2D eigenvalue weighted by atomic mass is 10.2. The fraction of sp³-hybridized carbons (Fsp3) is 0.857. The summed E-state index contributed by atoms with van der Waals surface area (Å²) in [4.78, 5) is 11.3. The van der Waals surface area contributed by atoms with Gasteiger partial charge in [0.15, 0.2) is 0 Å². The van der Waals surface area contributed by atoms with E-state index in [1.165, 1.54) is 7.05 Å². The van der Waals surface area contributed by atoms with Crippen LogP contribution in [0.25, 0.3) is 0 Å². The molecule has 0 aliphatic rings. The molecular formula is C7H15BrN2O3S. The molecule has 7 heteroatoms. The van der Waals surface area contributed by atoms with Gasteiger partial charge in [0.2, 0.25) is 15.9 Å². The Kier molecular flexibility index (Phi) is 5.03. The third-order valence-electron chi connectivity index (χ3n) is 1.51. The van der Waals surface area contributed by atoms with Gasteiger partial charge in [-0.15, -0.1) is 0 Å². The fourth-order valence-electron chi connectivity index (χ4n) is 0.611. The summed E-state index contributed by atoms with van der Waals surface area (Å²) in [6, 6.07) is 0. The van der Waals surface area contributed by atoms with E-state index in [0.717, 1.165) is 0 Å². The molecule has 84 valence electrons. The van der Waals surface area contributed by atoms with Crippen LogP contribution in [0.2, 0.25) is 0 Å². The number of sulfonamides is 1. The van der Waals surface area contributed by atoms with Crippen LogP contribution in [0.4, 0.5) is 0 Å². The van der Waals surface area contributed by atoms with Crippen molar-refractivity contribution in [3.05, 3.63) is 0 Å². The first-order valence-corrected chi connectivity index (χ1v) is 6.52. The molecule has 0 bridgehead atoms. The van der Waals surface area contributed by atoms with E-state index in [4.69, 9.17) is 0 Å². The molecule has 0 aliphatic carbocycles. The summed E-state index contributed by atoms with van der Waals surface area (Å²) in [7, 11) is -1.90. The van der Waals surface area contributed by atoms with Crippen LogP contribution in [0, 0.1) is 0 Å². The Bertz CT molecular complexity index is 295. The van der Waals surface area contributed by atoms with E-state index in [2.05, 4.69) is 26.0 Å². The molecule has 0 saturated heterocycles. The van der Waals surface area contributed by atoms with Crippen molar-refractivity contribution >= 4 is 31.9 Å². The van der Waals surface area contributed by atoms with Crippen LogP contribution in [0.3, 0.4) is 0 Å². The molecule has 0 fully saturated rings. The van der Waals surface area contributed by atoms with Crippen molar-refractivity contribution in [2.24, 2.45) is 0 Å². The number of hydrogen-bond donors (Lipinski definition) is 2. The monoisotopic (exact) mass is 286 g/mol. The van der Waals surface area contributed by atoms with Gasteiger partial charge in [-0.25, -0.2) is 13.1 Å². The first-order valence-electron chi connectivity index (χ1n) is 4.07. The summed E-state index contributed by atoms with van der Waals surface area (Å²) in [5.74, 6) is -0.345. The third-order valence-corrected chi connectivity index (χ3v) is 3.23. The molecule has 0 rings (SSSR count). The highest BCUT2D eigenvalue weighted by Gasteiger charge is 2.23. The summed E-state index contributed by atoms with van der Waals surface area (Å²) < 4.78 is 23.4. The number of carbonyl (C=O) groups excluding carboxylic acids is 1. The highest BCUT2D eigenvalue weighted by Crippen LogP contribution is 2.14. The molecule has 0 aromatic carbocycles. The average molecular weight is 287 g/mol. The van der Waals surface area contributed by atoms with Crippen molar-refractivity contribution in [3.8, 4) is 0 Å².